The zero-order chi connectivity index (χ0) is 20.2. The molecule has 0 aliphatic heterocycles. The number of nitrogens with one attached hydrogen (secondary N) is 1. The van der Waals surface area contributed by atoms with E-state index in [4.69, 9.17) is 0 Å². The van der Waals surface area contributed by atoms with Crippen molar-refractivity contribution in [1.29, 1.82) is 0 Å². The second-order valence-corrected chi connectivity index (χ2v) is 6.94. The van der Waals surface area contributed by atoms with E-state index >= 15 is 0 Å². The first kappa shape index (κ1) is 18.6. The van der Waals surface area contributed by atoms with E-state index in [1.165, 1.54) is 0 Å². The van der Waals surface area contributed by atoms with Gasteiger partial charge >= 0.3 is 5.97 Å². The third kappa shape index (κ3) is 3.91. The fourth-order valence-corrected chi connectivity index (χ4v) is 3.59. The van der Waals surface area contributed by atoms with Crippen molar-refractivity contribution < 1.29 is 9.90 Å². The van der Waals surface area contributed by atoms with Gasteiger partial charge in [0, 0.05) is 0 Å². The number of carbonyl (C=O) groups is 1. The molecule has 144 valence electrons. The molecule has 6 nitrogen and oxygen atoms in total. The summed E-state index contributed by atoms with van der Waals surface area (Å²) in [6.45, 7) is 1.98. The molecule has 0 spiro atoms. The van der Waals surface area contributed by atoms with Gasteiger partial charge in [0.1, 0.15) is 0 Å². The Bertz CT molecular complexity index is 1120. The monoisotopic (exact) mass is 384 g/mol. The van der Waals surface area contributed by atoms with E-state index in [2.05, 4.69) is 32.8 Å². The van der Waals surface area contributed by atoms with Crippen molar-refractivity contribution in [3.8, 4) is 11.1 Å². The van der Waals surface area contributed by atoms with Gasteiger partial charge in [0.05, 0.1) is 11.5 Å². The van der Waals surface area contributed by atoms with Gasteiger partial charge in [-0.2, -0.15) is 5.21 Å². The lowest BCUT2D eigenvalue weighted by molar-refractivity contribution is 0.0697. The van der Waals surface area contributed by atoms with Crippen molar-refractivity contribution in [2.24, 2.45) is 0 Å². The lowest BCUT2D eigenvalue weighted by Crippen LogP contribution is -2.09. The van der Waals surface area contributed by atoms with Crippen LogP contribution in [-0.4, -0.2) is 31.7 Å². The average molecular weight is 384 g/mol. The molecule has 0 aliphatic carbocycles. The Kier molecular flexibility index (Phi) is 5.16. The second-order valence-electron chi connectivity index (χ2n) is 6.94. The van der Waals surface area contributed by atoms with Crippen LogP contribution in [0.25, 0.3) is 11.1 Å². The predicted octanol–water partition coefficient (Wildman–Crippen LogP) is 4.25. The van der Waals surface area contributed by atoms with Gasteiger partial charge in [0.25, 0.3) is 0 Å². The molecular formula is C23H20N4O2. The minimum absolute atomic E-state index is 0.151. The number of aromatic amines is 1. The third-order valence-electron chi connectivity index (χ3n) is 5.07. The van der Waals surface area contributed by atoms with Crippen LogP contribution in [0.2, 0.25) is 0 Å². The Labute approximate surface area is 168 Å². The Balaban J connectivity index is 1.84. The highest BCUT2D eigenvalue weighted by molar-refractivity contribution is 5.96. The van der Waals surface area contributed by atoms with Gasteiger partial charge in [0.2, 0.25) is 0 Å². The molecule has 0 amide bonds. The van der Waals surface area contributed by atoms with Crippen LogP contribution in [0.4, 0.5) is 0 Å². The Morgan fingerprint density at radius 2 is 1.76 bits per heavy atom. The van der Waals surface area contributed by atoms with Crippen LogP contribution in [0, 0.1) is 6.92 Å². The Morgan fingerprint density at radius 3 is 2.45 bits per heavy atom. The van der Waals surface area contributed by atoms with Crippen molar-refractivity contribution in [1.82, 2.24) is 20.6 Å². The summed E-state index contributed by atoms with van der Waals surface area (Å²) in [6, 6.07) is 23.3. The zero-order valence-electron chi connectivity index (χ0n) is 15.9. The molecule has 2 N–H and O–H groups in total. The first-order valence-electron chi connectivity index (χ1n) is 9.34. The molecule has 1 heterocycles. The molecule has 0 fully saturated rings. The summed E-state index contributed by atoms with van der Waals surface area (Å²) in [6.07, 6.45) is 0.681. The highest BCUT2D eigenvalue weighted by Crippen LogP contribution is 2.33. The van der Waals surface area contributed by atoms with Crippen molar-refractivity contribution >= 4 is 5.97 Å². The molecule has 1 unspecified atom stereocenters. The molecule has 0 radical (unpaired) electrons. The van der Waals surface area contributed by atoms with E-state index in [0.717, 1.165) is 22.3 Å². The minimum atomic E-state index is -0.950. The van der Waals surface area contributed by atoms with Crippen LogP contribution >= 0.6 is 0 Å². The molecule has 4 rings (SSSR count). The topological polar surface area (TPSA) is 91.8 Å². The van der Waals surface area contributed by atoms with Gasteiger partial charge in [0.15, 0.2) is 5.82 Å². The lowest BCUT2D eigenvalue weighted by Gasteiger charge is -2.17. The van der Waals surface area contributed by atoms with Crippen molar-refractivity contribution in [3.05, 3.63) is 101 Å². The largest absolute Gasteiger partial charge is 0.478 e. The molecule has 1 aromatic heterocycles. The number of aromatic nitrogens is 4. The van der Waals surface area contributed by atoms with Crippen molar-refractivity contribution in [3.63, 3.8) is 0 Å². The summed E-state index contributed by atoms with van der Waals surface area (Å²) >= 11 is 0. The molecule has 1 atom stereocenters. The number of aromatic carboxylic acids is 1. The maximum Gasteiger partial charge on any atom is 0.336 e. The molecule has 4 aromatic rings. The van der Waals surface area contributed by atoms with Crippen LogP contribution in [0.15, 0.2) is 72.8 Å². The standard InChI is InChI=1S/C23H20N4O2/c1-15-7-5-6-10-18(15)21-14-17(11-12-19(21)23(28)29)20(22-24-26-27-25-22)13-16-8-3-2-4-9-16/h2-12,14,20H,13H2,1H3,(H,28,29)(H,24,25,26,27). The van der Waals surface area contributed by atoms with Gasteiger partial charge in [-0.25, -0.2) is 4.79 Å². The number of nitrogens with zero attached hydrogens (tertiary/aromatic N) is 3. The fraction of sp³-hybridized carbons (Fsp3) is 0.130. The van der Waals surface area contributed by atoms with Crippen LogP contribution in [0.5, 0.6) is 0 Å². The number of hydrogen-bond acceptors (Lipinski definition) is 4. The van der Waals surface area contributed by atoms with E-state index < -0.39 is 5.97 Å². The molecule has 0 aliphatic rings. The van der Waals surface area contributed by atoms with E-state index in [0.29, 0.717) is 17.8 Å². The zero-order valence-corrected chi connectivity index (χ0v) is 15.9. The summed E-state index contributed by atoms with van der Waals surface area (Å²) in [7, 11) is 0. The van der Waals surface area contributed by atoms with Gasteiger partial charge < -0.3 is 5.11 Å². The molecule has 29 heavy (non-hydrogen) atoms. The van der Waals surface area contributed by atoms with Gasteiger partial charge in [-0.15, -0.1) is 10.2 Å². The van der Waals surface area contributed by atoms with Crippen molar-refractivity contribution in [2.45, 2.75) is 19.3 Å². The van der Waals surface area contributed by atoms with Crippen molar-refractivity contribution in [2.75, 3.05) is 0 Å². The number of carboxylic acids is 1. The Hall–Kier alpha value is -3.80. The maximum atomic E-state index is 11.9. The average Bonchev–Trinajstić information content (AvgIpc) is 3.27. The normalized spacial score (nSPS) is 11.9. The summed E-state index contributed by atoms with van der Waals surface area (Å²) in [5.74, 6) is -0.525. The van der Waals surface area contributed by atoms with Crippen LogP contribution in [-0.2, 0) is 6.42 Å². The van der Waals surface area contributed by atoms with Gasteiger partial charge in [-0.05, 0) is 53.3 Å². The van der Waals surface area contributed by atoms with Crippen LogP contribution in [0.3, 0.4) is 0 Å². The first-order valence-corrected chi connectivity index (χ1v) is 9.34. The lowest BCUT2D eigenvalue weighted by atomic mass is 9.87. The third-order valence-corrected chi connectivity index (χ3v) is 5.07. The van der Waals surface area contributed by atoms with E-state index in [1.54, 1.807) is 6.07 Å². The van der Waals surface area contributed by atoms with E-state index in [9.17, 15) is 9.90 Å². The van der Waals surface area contributed by atoms with E-state index in [-0.39, 0.29) is 11.5 Å². The number of rotatable bonds is 6. The van der Waals surface area contributed by atoms with Gasteiger partial charge in [-0.3, -0.25) is 0 Å². The molecule has 0 saturated heterocycles. The van der Waals surface area contributed by atoms with E-state index in [1.807, 2.05) is 61.5 Å². The SMILES string of the molecule is Cc1ccccc1-c1cc(C(Cc2ccccc2)c2nn[nH]n2)ccc1C(=O)O. The minimum Gasteiger partial charge on any atom is -0.478 e. The summed E-state index contributed by atoms with van der Waals surface area (Å²) in [4.78, 5) is 11.9. The molecule has 0 saturated carbocycles. The maximum absolute atomic E-state index is 11.9. The number of H-pyrrole nitrogens is 1. The highest BCUT2D eigenvalue weighted by atomic mass is 16.4. The number of benzene rings is 3. The summed E-state index contributed by atoms with van der Waals surface area (Å²) in [5.41, 5.74) is 4.97. The quantitative estimate of drug-likeness (QED) is 0.519. The molecule has 3 aromatic carbocycles. The number of carboxylic acid groups (broad SMARTS) is 1. The van der Waals surface area contributed by atoms with Gasteiger partial charge in [-0.1, -0.05) is 65.9 Å². The smallest absolute Gasteiger partial charge is 0.336 e. The summed E-state index contributed by atoms with van der Waals surface area (Å²) in [5, 5.41) is 24.4. The molecular weight excluding hydrogens is 364 g/mol. The number of tetrazole rings is 1. The second kappa shape index (κ2) is 8.06. The molecule has 6 heteroatoms. The van der Waals surface area contributed by atoms with Crippen LogP contribution in [0.1, 0.15) is 38.8 Å². The number of aryl methyl sites for hydroxylation is 1. The number of hydrogen-bond donors (Lipinski definition) is 2. The first-order chi connectivity index (χ1) is 14.1. The highest BCUT2D eigenvalue weighted by Gasteiger charge is 2.22. The van der Waals surface area contributed by atoms with Crippen LogP contribution < -0.4 is 0 Å². The summed E-state index contributed by atoms with van der Waals surface area (Å²) < 4.78 is 0. The fourth-order valence-electron chi connectivity index (χ4n) is 3.59. The predicted molar refractivity (Wildman–Crippen MR) is 110 cm³/mol. The Morgan fingerprint density at radius 1 is 1.00 bits per heavy atom. The molecule has 0 bridgehead atoms.